The molecule has 0 fully saturated rings. The maximum absolute atomic E-state index is 4.77. The van der Waals surface area contributed by atoms with Crippen LogP contribution in [0.15, 0.2) is 54.6 Å². The Balaban J connectivity index is 0.00000133. The van der Waals surface area contributed by atoms with Gasteiger partial charge in [-0.15, -0.1) is 0 Å². The third-order valence-electron chi connectivity index (χ3n) is 3.40. The summed E-state index contributed by atoms with van der Waals surface area (Å²) in [5.41, 5.74) is 4.62. The summed E-state index contributed by atoms with van der Waals surface area (Å²) in [6, 6.07) is 18.8. The van der Waals surface area contributed by atoms with Gasteiger partial charge in [0.05, 0.1) is 5.69 Å². The van der Waals surface area contributed by atoms with Crippen LogP contribution in [-0.2, 0) is 0 Å². The summed E-state index contributed by atoms with van der Waals surface area (Å²) < 4.78 is 0. The van der Waals surface area contributed by atoms with Gasteiger partial charge in [-0.25, -0.2) is 0 Å². The van der Waals surface area contributed by atoms with Gasteiger partial charge in [-0.2, -0.15) is 0 Å². The van der Waals surface area contributed by atoms with Gasteiger partial charge in [0.2, 0.25) is 0 Å². The van der Waals surface area contributed by atoms with E-state index in [2.05, 4.69) is 62.4 Å². The van der Waals surface area contributed by atoms with Crippen LogP contribution in [0, 0.1) is 13.8 Å². The standard InChI is InChI=1S/C17H15N.H3N/c1-12-15-10-6-7-11-16(15)13(2)18-17(12)14-8-4-3-5-9-14;/h3-11H,1-2H3;1H3. The van der Waals surface area contributed by atoms with Crippen molar-refractivity contribution >= 4 is 10.8 Å². The summed E-state index contributed by atoms with van der Waals surface area (Å²) in [5, 5.41) is 2.54. The molecule has 2 aromatic carbocycles. The zero-order valence-corrected chi connectivity index (χ0v) is 11.4. The van der Waals surface area contributed by atoms with Crippen molar-refractivity contribution in [1.82, 2.24) is 11.1 Å². The molecule has 3 rings (SSSR count). The minimum Gasteiger partial charge on any atom is -0.344 e. The molecule has 96 valence electrons. The molecule has 0 saturated carbocycles. The molecule has 0 aliphatic rings. The van der Waals surface area contributed by atoms with Gasteiger partial charge in [0.1, 0.15) is 0 Å². The second kappa shape index (κ2) is 5.21. The molecule has 0 bridgehead atoms. The predicted molar refractivity (Wildman–Crippen MR) is 81.7 cm³/mol. The first-order chi connectivity index (χ1) is 8.77. The summed E-state index contributed by atoms with van der Waals surface area (Å²) in [7, 11) is 0. The number of nitrogens with zero attached hydrogens (tertiary/aromatic N) is 1. The van der Waals surface area contributed by atoms with Crippen molar-refractivity contribution in [2.45, 2.75) is 13.8 Å². The molecule has 2 nitrogen and oxygen atoms in total. The minimum atomic E-state index is 0. The molecule has 0 unspecified atom stereocenters. The average molecular weight is 250 g/mol. The van der Waals surface area contributed by atoms with Crippen molar-refractivity contribution in [2.24, 2.45) is 0 Å². The molecule has 0 aliphatic carbocycles. The monoisotopic (exact) mass is 250 g/mol. The molecule has 3 aromatic rings. The van der Waals surface area contributed by atoms with Crippen molar-refractivity contribution in [3.63, 3.8) is 0 Å². The largest absolute Gasteiger partial charge is 0.344 e. The number of rotatable bonds is 1. The van der Waals surface area contributed by atoms with Crippen molar-refractivity contribution < 1.29 is 0 Å². The zero-order chi connectivity index (χ0) is 12.5. The van der Waals surface area contributed by atoms with Crippen molar-refractivity contribution in [2.75, 3.05) is 0 Å². The van der Waals surface area contributed by atoms with Gasteiger partial charge in [-0.1, -0.05) is 54.6 Å². The summed E-state index contributed by atoms with van der Waals surface area (Å²) >= 11 is 0. The molecule has 0 amide bonds. The van der Waals surface area contributed by atoms with E-state index in [0.29, 0.717) is 0 Å². The van der Waals surface area contributed by atoms with Crippen molar-refractivity contribution in [1.29, 1.82) is 0 Å². The molecule has 0 spiro atoms. The van der Waals surface area contributed by atoms with Crippen LogP contribution in [0.25, 0.3) is 22.0 Å². The molecule has 19 heavy (non-hydrogen) atoms. The lowest BCUT2D eigenvalue weighted by Gasteiger charge is -2.11. The van der Waals surface area contributed by atoms with Gasteiger partial charge >= 0.3 is 0 Å². The number of fused-ring (bicyclic) bond motifs is 1. The Morgan fingerprint density at radius 3 is 2.00 bits per heavy atom. The molecular weight excluding hydrogens is 232 g/mol. The van der Waals surface area contributed by atoms with Gasteiger partial charge in [0, 0.05) is 16.6 Å². The summed E-state index contributed by atoms with van der Waals surface area (Å²) in [5.74, 6) is 0. The molecule has 0 atom stereocenters. The van der Waals surface area contributed by atoms with E-state index in [4.69, 9.17) is 4.98 Å². The van der Waals surface area contributed by atoms with Gasteiger partial charge in [-0.3, -0.25) is 4.98 Å². The Kier molecular flexibility index (Phi) is 3.63. The highest BCUT2D eigenvalue weighted by atomic mass is 14.7. The highest BCUT2D eigenvalue weighted by Gasteiger charge is 2.09. The van der Waals surface area contributed by atoms with E-state index in [-0.39, 0.29) is 6.15 Å². The fourth-order valence-corrected chi connectivity index (χ4v) is 2.44. The first-order valence-corrected chi connectivity index (χ1v) is 6.19. The summed E-state index contributed by atoms with van der Waals surface area (Å²) in [4.78, 5) is 4.77. The summed E-state index contributed by atoms with van der Waals surface area (Å²) in [6.07, 6.45) is 0. The highest BCUT2D eigenvalue weighted by Crippen LogP contribution is 2.29. The zero-order valence-electron chi connectivity index (χ0n) is 11.4. The predicted octanol–water partition coefficient (Wildman–Crippen LogP) is 4.68. The van der Waals surface area contributed by atoms with Crippen molar-refractivity contribution in [3.8, 4) is 11.3 Å². The van der Waals surface area contributed by atoms with Gasteiger partial charge < -0.3 is 6.15 Å². The second-order valence-corrected chi connectivity index (χ2v) is 4.58. The Morgan fingerprint density at radius 1 is 0.737 bits per heavy atom. The van der Waals surface area contributed by atoms with E-state index < -0.39 is 0 Å². The number of benzene rings is 2. The Hall–Kier alpha value is -2.19. The van der Waals surface area contributed by atoms with Crippen LogP contribution >= 0.6 is 0 Å². The number of hydrogen-bond donors (Lipinski definition) is 1. The molecule has 0 aliphatic heterocycles. The first kappa shape index (κ1) is 13.2. The molecular formula is C17H18N2. The lowest BCUT2D eigenvalue weighted by Crippen LogP contribution is -1.94. The summed E-state index contributed by atoms with van der Waals surface area (Å²) in [6.45, 7) is 4.23. The lowest BCUT2D eigenvalue weighted by atomic mass is 9.99. The van der Waals surface area contributed by atoms with E-state index in [1.54, 1.807) is 0 Å². The van der Waals surface area contributed by atoms with Crippen LogP contribution < -0.4 is 6.15 Å². The van der Waals surface area contributed by atoms with Crippen LogP contribution in [0.5, 0.6) is 0 Å². The van der Waals surface area contributed by atoms with E-state index in [1.807, 2.05) is 6.07 Å². The SMILES string of the molecule is Cc1nc(-c2ccccc2)c(C)c2ccccc12.N. The average Bonchev–Trinajstić information content (AvgIpc) is 2.44. The minimum absolute atomic E-state index is 0. The molecule has 2 heteroatoms. The fraction of sp³-hybridized carbons (Fsp3) is 0.118. The van der Waals surface area contributed by atoms with Crippen LogP contribution in [0.4, 0.5) is 0 Å². The third kappa shape index (κ3) is 2.23. The number of hydrogen-bond acceptors (Lipinski definition) is 2. The van der Waals surface area contributed by atoms with E-state index in [0.717, 1.165) is 11.4 Å². The van der Waals surface area contributed by atoms with Crippen LogP contribution in [-0.4, -0.2) is 4.98 Å². The second-order valence-electron chi connectivity index (χ2n) is 4.58. The quantitative estimate of drug-likeness (QED) is 0.681. The van der Waals surface area contributed by atoms with Crippen LogP contribution in [0.3, 0.4) is 0 Å². The smallest absolute Gasteiger partial charge is 0.0740 e. The highest BCUT2D eigenvalue weighted by molar-refractivity contribution is 5.91. The Labute approximate surface area is 113 Å². The Morgan fingerprint density at radius 2 is 1.32 bits per heavy atom. The van der Waals surface area contributed by atoms with E-state index in [9.17, 15) is 0 Å². The fourth-order valence-electron chi connectivity index (χ4n) is 2.44. The maximum atomic E-state index is 4.77. The molecule has 1 aromatic heterocycles. The molecule has 3 N–H and O–H groups in total. The molecule has 0 saturated heterocycles. The van der Waals surface area contributed by atoms with Gasteiger partial charge in [-0.05, 0) is 24.8 Å². The molecule has 0 radical (unpaired) electrons. The van der Waals surface area contributed by atoms with Gasteiger partial charge in [0.15, 0.2) is 0 Å². The lowest BCUT2D eigenvalue weighted by molar-refractivity contribution is 1.21. The number of aryl methyl sites for hydroxylation is 2. The normalized spacial score (nSPS) is 10.2. The van der Waals surface area contributed by atoms with Gasteiger partial charge in [0.25, 0.3) is 0 Å². The van der Waals surface area contributed by atoms with E-state index in [1.165, 1.54) is 21.9 Å². The van der Waals surface area contributed by atoms with E-state index >= 15 is 0 Å². The van der Waals surface area contributed by atoms with Crippen LogP contribution in [0.1, 0.15) is 11.3 Å². The third-order valence-corrected chi connectivity index (χ3v) is 3.40. The van der Waals surface area contributed by atoms with Crippen molar-refractivity contribution in [3.05, 3.63) is 65.9 Å². The number of pyridine rings is 1. The number of aromatic nitrogens is 1. The first-order valence-electron chi connectivity index (χ1n) is 6.19. The molecule has 1 heterocycles. The topological polar surface area (TPSA) is 47.9 Å². The maximum Gasteiger partial charge on any atom is 0.0740 e. The van der Waals surface area contributed by atoms with Crippen LogP contribution in [0.2, 0.25) is 0 Å². The Bertz CT molecular complexity index is 703.